The number of alkyl halides is 3. The van der Waals surface area contributed by atoms with Crippen molar-refractivity contribution in [1.29, 1.82) is 0 Å². The molecule has 1 saturated heterocycles. The third-order valence-electron chi connectivity index (χ3n) is 5.55. The normalized spacial score (nSPS) is 16.2. The number of hydrogen-bond acceptors (Lipinski definition) is 6. The maximum Gasteiger partial charge on any atom is 0.471 e. The lowest BCUT2D eigenvalue weighted by Gasteiger charge is -2.25. The molecule has 0 aliphatic carbocycles. The fourth-order valence-corrected chi connectivity index (χ4v) is 4.73. The van der Waals surface area contributed by atoms with Gasteiger partial charge in [-0.2, -0.15) is 13.2 Å². The van der Waals surface area contributed by atoms with E-state index in [1.54, 1.807) is 24.3 Å². The Balaban J connectivity index is 1.48. The van der Waals surface area contributed by atoms with Crippen molar-refractivity contribution in [3.63, 3.8) is 0 Å². The van der Waals surface area contributed by atoms with E-state index in [1.165, 1.54) is 24.6 Å². The number of fused-ring (bicyclic) bond motifs is 1. The van der Waals surface area contributed by atoms with Crippen molar-refractivity contribution in [2.45, 2.75) is 38.5 Å². The Bertz CT molecular complexity index is 1170. The number of amides is 2. The lowest BCUT2D eigenvalue weighted by atomic mass is 10.1. The van der Waals surface area contributed by atoms with Crippen molar-refractivity contribution in [2.75, 3.05) is 23.3 Å². The van der Waals surface area contributed by atoms with Gasteiger partial charge in [-0.1, -0.05) is 12.1 Å². The van der Waals surface area contributed by atoms with E-state index in [4.69, 9.17) is 0 Å². The quantitative estimate of drug-likeness (QED) is 0.576. The Labute approximate surface area is 192 Å². The van der Waals surface area contributed by atoms with Gasteiger partial charge < -0.3 is 15.1 Å². The Kier molecular flexibility index (Phi) is 6.50. The summed E-state index contributed by atoms with van der Waals surface area (Å²) in [7, 11) is 0. The molecular formula is C22H22F3N5O2S. The Morgan fingerprint density at radius 1 is 1.27 bits per heavy atom. The van der Waals surface area contributed by atoms with Gasteiger partial charge in [-0.05, 0) is 48.9 Å². The van der Waals surface area contributed by atoms with Crippen molar-refractivity contribution in [3.05, 3.63) is 47.6 Å². The predicted molar refractivity (Wildman–Crippen MR) is 120 cm³/mol. The van der Waals surface area contributed by atoms with Crippen LogP contribution in [0.4, 0.5) is 24.7 Å². The minimum Gasteiger partial charge on any atom is -0.344 e. The van der Waals surface area contributed by atoms with Crippen LogP contribution in [-0.4, -0.2) is 52.0 Å². The molecule has 4 rings (SSSR count). The smallest absolute Gasteiger partial charge is 0.344 e. The number of thiophene rings is 1. The first-order valence-electron chi connectivity index (χ1n) is 10.5. The van der Waals surface area contributed by atoms with Crippen LogP contribution < -0.4 is 10.2 Å². The fraction of sp³-hybridized carbons (Fsp3) is 0.364. The van der Waals surface area contributed by atoms with E-state index in [0.717, 1.165) is 27.4 Å². The van der Waals surface area contributed by atoms with E-state index in [-0.39, 0.29) is 19.0 Å². The van der Waals surface area contributed by atoms with Crippen molar-refractivity contribution in [2.24, 2.45) is 0 Å². The van der Waals surface area contributed by atoms with Gasteiger partial charge in [0.05, 0.1) is 5.39 Å². The SMILES string of the molecule is CCN(Cc1cccc(NC(=O)C2CCCN2c2ncnc3sccc23)c1)C(=O)C(F)(F)F. The number of hydrogen-bond donors (Lipinski definition) is 1. The van der Waals surface area contributed by atoms with E-state index in [2.05, 4.69) is 15.3 Å². The average molecular weight is 478 g/mol. The van der Waals surface area contributed by atoms with Gasteiger partial charge in [0.1, 0.15) is 23.0 Å². The van der Waals surface area contributed by atoms with Gasteiger partial charge in [0, 0.05) is 25.3 Å². The molecule has 174 valence electrons. The molecule has 1 aliphatic heterocycles. The Morgan fingerprint density at radius 3 is 2.85 bits per heavy atom. The number of carbonyl (C=O) groups is 2. The monoisotopic (exact) mass is 477 g/mol. The summed E-state index contributed by atoms with van der Waals surface area (Å²) >= 11 is 1.51. The van der Waals surface area contributed by atoms with Crippen LogP contribution in [0.3, 0.4) is 0 Å². The maximum absolute atomic E-state index is 13.1. The summed E-state index contributed by atoms with van der Waals surface area (Å²) in [5.41, 5.74) is 0.953. The molecule has 1 aromatic carbocycles. The average Bonchev–Trinajstić information content (AvgIpc) is 3.46. The van der Waals surface area contributed by atoms with Crippen LogP contribution in [0, 0.1) is 0 Å². The van der Waals surface area contributed by atoms with Gasteiger partial charge in [-0.15, -0.1) is 11.3 Å². The molecule has 1 N–H and O–H groups in total. The highest BCUT2D eigenvalue weighted by Crippen LogP contribution is 2.32. The zero-order valence-corrected chi connectivity index (χ0v) is 18.6. The second kappa shape index (κ2) is 9.34. The number of nitrogens with zero attached hydrogens (tertiary/aromatic N) is 4. The van der Waals surface area contributed by atoms with Gasteiger partial charge in [0.25, 0.3) is 0 Å². The summed E-state index contributed by atoms with van der Waals surface area (Å²) in [6, 6.07) is 8.04. The van der Waals surface area contributed by atoms with Gasteiger partial charge in [0.2, 0.25) is 5.91 Å². The first-order valence-corrected chi connectivity index (χ1v) is 11.4. The number of rotatable bonds is 6. The second-order valence-corrected chi connectivity index (χ2v) is 8.59. The summed E-state index contributed by atoms with van der Waals surface area (Å²) < 4.78 is 38.4. The molecule has 1 fully saturated rings. The lowest BCUT2D eigenvalue weighted by Crippen LogP contribution is -2.40. The third-order valence-corrected chi connectivity index (χ3v) is 6.37. The van der Waals surface area contributed by atoms with Crippen molar-refractivity contribution >= 4 is 44.9 Å². The molecule has 0 radical (unpaired) electrons. The third kappa shape index (κ3) is 4.92. The lowest BCUT2D eigenvalue weighted by molar-refractivity contribution is -0.185. The molecule has 2 amide bonds. The first kappa shape index (κ1) is 23.0. The van der Waals surface area contributed by atoms with Crippen LogP contribution >= 0.6 is 11.3 Å². The van der Waals surface area contributed by atoms with Crippen LogP contribution in [0.5, 0.6) is 0 Å². The molecule has 0 bridgehead atoms. The molecular weight excluding hydrogens is 455 g/mol. The number of anilines is 2. The Hall–Kier alpha value is -3.21. The minimum atomic E-state index is -4.93. The number of halogens is 3. The van der Waals surface area contributed by atoms with Gasteiger partial charge >= 0.3 is 12.1 Å². The molecule has 1 unspecified atom stereocenters. The van der Waals surface area contributed by atoms with E-state index in [1.807, 2.05) is 16.3 Å². The van der Waals surface area contributed by atoms with E-state index >= 15 is 0 Å². The minimum absolute atomic E-state index is 0.0814. The summed E-state index contributed by atoms with van der Waals surface area (Å²) in [5.74, 6) is -1.38. The molecule has 0 spiro atoms. The molecule has 2 aromatic heterocycles. The molecule has 33 heavy (non-hydrogen) atoms. The van der Waals surface area contributed by atoms with E-state index in [9.17, 15) is 22.8 Å². The van der Waals surface area contributed by atoms with Gasteiger partial charge in [-0.3, -0.25) is 9.59 Å². The highest BCUT2D eigenvalue weighted by Gasteiger charge is 2.42. The zero-order valence-electron chi connectivity index (χ0n) is 17.8. The number of aromatic nitrogens is 2. The predicted octanol–water partition coefficient (Wildman–Crippen LogP) is 4.21. The topological polar surface area (TPSA) is 78.4 Å². The van der Waals surface area contributed by atoms with Crippen LogP contribution in [0.1, 0.15) is 25.3 Å². The van der Waals surface area contributed by atoms with Gasteiger partial charge in [0.15, 0.2) is 0 Å². The number of nitrogens with one attached hydrogen (secondary N) is 1. The highest BCUT2D eigenvalue weighted by molar-refractivity contribution is 7.16. The molecule has 7 nitrogen and oxygen atoms in total. The standard InChI is InChI=1S/C22H22F3N5O2S/c1-2-29(21(32)22(23,24)25)12-14-5-3-6-15(11-14)28-19(31)17-7-4-9-30(17)18-16-8-10-33-20(16)27-13-26-18/h3,5-6,8,10-11,13,17H,2,4,7,9,12H2,1H3,(H,28,31). The highest BCUT2D eigenvalue weighted by atomic mass is 32.1. The number of carbonyl (C=O) groups excluding carboxylic acids is 2. The summed E-state index contributed by atoms with van der Waals surface area (Å²) in [6.45, 7) is 1.89. The summed E-state index contributed by atoms with van der Waals surface area (Å²) in [5, 5.41) is 5.70. The van der Waals surface area contributed by atoms with Crippen LogP contribution in [0.15, 0.2) is 42.0 Å². The fourth-order valence-electron chi connectivity index (χ4n) is 4.00. The van der Waals surface area contributed by atoms with Crippen LogP contribution in [0.2, 0.25) is 0 Å². The molecule has 0 saturated carbocycles. The second-order valence-electron chi connectivity index (χ2n) is 7.69. The molecule has 1 atom stereocenters. The maximum atomic E-state index is 13.1. The van der Waals surface area contributed by atoms with Crippen molar-refractivity contribution in [1.82, 2.24) is 14.9 Å². The Morgan fingerprint density at radius 2 is 2.09 bits per heavy atom. The zero-order chi connectivity index (χ0) is 23.6. The molecule has 11 heteroatoms. The van der Waals surface area contributed by atoms with Crippen molar-refractivity contribution in [3.8, 4) is 0 Å². The molecule has 1 aliphatic rings. The van der Waals surface area contributed by atoms with Crippen LogP contribution in [0.25, 0.3) is 10.2 Å². The number of benzene rings is 1. The van der Waals surface area contributed by atoms with Crippen molar-refractivity contribution < 1.29 is 22.8 Å². The van der Waals surface area contributed by atoms with Crippen LogP contribution in [-0.2, 0) is 16.1 Å². The van der Waals surface area contributed by atoms with Gasteiger partial charge in [-0.25, -0.2) is 9.97 Å². The van der Waals surface area contributed by atoms with E-state index < -0.39 is 18.1 Å². The molecule has 3 heterocycles. The first-order chi connectivity index (χ1) is 15.8. The summed E-state index contributed by atoms with van der Waals surface area (Å²) in [4.78, 5) is 36.9. The summed E-state index contributed by atoms with van der Waals surface area (Å²) in [6.07, 6.45) is -1.95. The van der Waals surface area contributed by atoms with E-state index in [0.29, 0.717) is 24.2 Å². The molecule has 3 aromatic rings. The largest absolute Gasteiger partial charge is 0.471 e.